The summed E-state index contributed by atoms with van der Waals surface area (Å²) in [4.78, 5) is 17.0. The number of furan rings is 1. The minimum atomic E-state index is -3.45. The van der Waals surface area contributed by atoms with Gasteiger partial charge in [0.2, 0.25) is 10.0 Å². The third-order valence-corrected chi connectivity index (χ3v) is 7.74. The number of rotatable bonds is 6. The van der Waals surface area contributed by atoms with Crippen LogP contribution in [0.4, 0.5) is 0 Å². The molecule has 0 aliphatic carbocycles. The third kappa shape index (κ3) is 4.42. The van der Waals surface area contributed by atoms with Crippen molar-refractivity contribution in [3.05, 3.63) is 59.8 Å². The molecule has 1 fully saturated rings. The molecule has 9 heteroatoms. The zero-order chi connectivity index (χ0) is 20.3. The fourth-order valence-corrected chi connectivity index (χ4v) is 5.57. The fraction of sp³-hybridized carbons (Fsp3) is 0.300. The van der Waals surface area contributed by atoms with E-state index in [1.807, 2.05) is 0 Å². The normalized spacial score (nSPS) is 16.0. The lowest BCUT2D eigenvalue weighted by molar-refractivity contribution is 0.0937. The smallest absolute Gasteiger partial charge is 0.270 e. The largest absolute Gasteiger partial charge is 0.462 e. The van der Waals surface area contributed by atoms with Crippen LogP contribution in [-0.2, 0) is 10.0 Å². The SMILES string of the molecule is O=C(NCC1CCN(S(=O)(=O)c2ccccc2)CC1)c1csc(-c2ccco2)n1. The van der Waals surface area contributed by atoms with E-state index in [0.717, 1.165) is 0 Å². The van der Waals surface area contributed by atoms with Crippen LogP contribution < -0.4 is 5.32 Å². The Morgan fingerprint density at radius 1 is 1.17 bits per heavy atom. The van der Waals surface area contributed by atoms with Crippen molar-refractivity contribution in [2.24, 2.45) is 5.92 Å². The molecule has 4 rings (SSSR count). The summed E-state index contributed by atoms with van der Waals surface area (Å²) in [5.41, 5.74) is 0.366. The van der Waals surface area contributed by atoms with Gasteiger partial charge in [0.15, 0.2) is 10.8 Å². The number of hydrogen-bond donors (Lipinski definition) is 1. The second-order valence-corrected chi connectivity index (χ2v) is 9.68. The first-order valence-corrected chi connectivity index (χ1v) is 11.7. The van der Waals surface area contributed by atoms with Gasteiger partial charge in [-0.15, -0.1) is 11.3 Å². The highest BCUT2D eigenvalue weighted by atomic mass is 32.2. The molecule has 1 saturated heterocycles. The molecule has 1 amide bonds. The van der Waals surface area contributed by atoms with Gasteiger partial charge in [-0.3, -0.25) is 4.79 Å². The van der Waals surface area contributed by atoms with Gasteiger partial charge >= 0.3 is 0 Å². The molecule has 0 bridgehead atoms. The minimum Gasteiger partial charge on any atom is -0.462 e. The van der Waals surface area contributed by atoms with Crippen LogP contribution in [0.1, 0.15) is 23.3 Å². The van der Waals surface area contributed by atoms with Crippen molar-refractivity contribution in [2.75, 3.05) is 19.6 Å². The Balaban J connectivity index is 1.29. The van der Waals surface area contributed by atoms with Gasteiger partial charge in [0, 0.05) is 25.0 Å². The summed E-state index contributed by atoms with van der Waals surface area (Å²) in [6.45, 7) is 1.42. The number of thiazole rings is 1. The van der Waals surface area contributed by atoms with Crippen LogP contribution in [0, 0.1) is 5.92 Å². The molecule has 3 heterocycles. The van der Waals surface area contributed by atoms with Crippen LogP contribution in [0.2, 0.25) is 0 Å². The summed E-state index contributed by atoms with van der Waals surface area (Å²) in [5.74, 6) is 0.656. The topological polar surface area (TPSA) is 92.5 Å². The summed E-state index contributed by atoms with van der Waals surface area (Å²) >= 11 is 1.36. The van der Waals surface area contributed by atoms with Gasteiger partial charge < -0.3 is 9.73 Å². The number of aromatic nitrogens is 1. The molecule has 0 atom stereocenters. The first-order chi connectivity index (χ1) is 14.0. The van der Waals surface area contributed by atoms with Crippen molar-refractivity contribution in [2.45, 2.75) is 17.7 Å². The van der Waals surface area contributed by atoms with Gasteiger partial charge in [-0.1, -0.05) is 18.2 Å². The molecule has 1 aliphatic heterocycles. The molecular weight excluding hydrogens is 410 g/mol. The molecule has 152 valence electrons. The third-order valence-electron chi connectivity index (χ3n) is 4.97. The van der Waals surface area contributed by atoms with Crippen LogP contribution in [-0.4, -0.2) is 43.2 Å². The number of carbonyl (C=O) groups is 1. The van der Waals surface area contributed by atoms with Crippen molar-refractivity contribution in [3.63, 3.8) is 0 Å². The van der Waals surface area contributed by atoms with Crippen LogP contribution >= 0.6 is 11.3 Å². The molecule has 1 aromatic carbocycles. The lowest BCUT2D eigenvalue weighted by atomic mass is 9.98. The van der Waals surface area contributed by atoms with Crippen molar-refractivity contribution in [1.82, 2.24) is 14.6 Å². The van der Waals surface area contributed by atoms with Gasteiger partial charge in [-0.2, -0.15) is 4.31 Å². The molecule has 0 radical (unpaired) electrons. The maximum Gasteiger partial charge on any atom is 0.270 e. The second-order valence-electron chi connectivity index (χ2n) is 6.89. The molecule has 29 heavy (non-hydrogen) atoms. The number of piperidine rings is 1. The highest BCUT2D eigenvalue weighted by molar-refractivity contribution is 7.89. The zero-order valence-electron chi connectivity index (χ0n) is 15.7. The average molecular weight is 432 g/mol. The predicted octanol–water partition coefficient (Wildman–Crippen LogP) is 3.23. The molecule has 1 aliphatic rings. The molecule has 1 N–H and O–H groups in total. The molecule has 3 aromatic rings. The Labute approximate surface area is 173 Å². The number of benzene rings is 1. The van der Waals surface area contributed by atoms with E-state index in [0.29, 0.717) is 53.8 Å². The Morgan fingerprint density at radius 2 is 1.93 bits per heavy atom. The van der Waals surface area contributed by atoms with E-state index < -0.39 is 10.0 Å². The Hall–Kier alpha value is -2.49. The summed E-state index contributed by atoms with van der Waals surface area (Å²) in [7, 11) is -3.45. The molecule has 2 aromatic heterocycles. The minimum absolute atomic E-state index is 0.224. The van der Waals surface area contributed by atoms with Crippen LogP contribution in [0.25, 0.3) is 10.8 Å². The number of sulfonamides is 1. The van der Waals surface area contributed by atoms with Crippen LogP contribution in [0.15, 0.2) is 63.4 Å². The quantitative estimate of drug-likeness (QED) is 0.647. The summed E-state index contributed by atoms with van der Waals surface area (Å²) < 4.78 is 32.2. The highest BCUT2D eigenvalue weighted by Gasteiger charge is 2.29. The molecule has 7 nitrogen and oxygen atoms in total. The number of nitrogens with one attached hydrogen (secondary N) is 1. The van der Waals surface area contributed by atoms with Gasteiger partial charge in [0.05, 0.1) is 11.2 Å². The first-order valence-electron chi connectivity index (χ1n) is 9.37. The first kappa shape index (κ1) is 19.8. The summed E-state index contributed by atoms with van der Waals surface area (Å²) in [5, 5.41) is 5.30. The summed E-state index contributed by atoms with van der Waals surface area (Å²) in [6, 6.07) is 12.1. The van der Waals surface area contributed by atoms with E-state index in [-0.39, 0.29) is 11.8 Å². The number of hydrogen-bond acceptors (Lipinski definition) is 6. The number of amides is 1. The lowest BCUT2D eigenvalue weighted by Crippen LogP contribution is -2.41. The zero-order valence-corrected chi connectivity index (χ0v) is 17.3. The van der Waals surface area contributed by atoms with Crippen molar-refractivity contribution < 1.29 is 17.6 Å². The second kappa shape index (κ2) is 8.48. The van der Waals surface area contributed by atoms with Gasteiger partial charge in [0.25, 0.3) is 5.91 Å². The average Bonchev–Trinajstić information content (AvgIpc) is 3.45. The van der Waals surface area contributed by atoms with Crippen molar-refractivity contribution in [1.29, 1.82) is 0 Å². The maximum absolute atomic E-state index is 12.7. The molecule has 0 saturated carbocycles. The summed E-state index contributed by atoms with van der Waals surface area (Å²) in [6.07, 6.45) is 2.99. The molecule has 0 unspecified atom stereocenters. The number of nitrogens with zero attached hydrogens (tertiary/aromatic N) is 2. The van der Waals surface area contributed by atoms with Crippen LogP contribution in [0.5, 0.6) is 0 Å². The Bertz CT molecular complexity index is 1050. The van der Waals surface area contributed by atoms with Gasteiger partial charge in [-0.25, -0.2) is 13.4 Å². The fourth-order valence-electron chi connectivity index (χ4n) is 3.31. The van der Waals surface area contributed by atoms with E-state index in [4.69, 9.17) is 4.42 Å². The molecule has 0 spiro atoms. The van der Waals surface area contributed by atoms with Gasteiger partial charge in [-0.05, 0) is 43.0 Å². The lowest BCUT2D eigenvalue weighted by Gasteiger charge is -2.31. The molecular formula is C20H21N3O4S2. The standard InChI is InChI=1S/C20H21N3O4S2/c24-19(17-14-28-20(22-17)18-7-4-12-27-18)21-13-15-8-10-23(11-9-15)29(25,26)16-5-2-1-3-6-16/h1-7,12,14-15H,8-11,13H2,(H,21,24). The predicted molar refractivity (Wildman–Crippen MR) is 110 cm³/mol. The maximum atomic E-state index is 12.7. The van der Waals surface area contributed by atoms with E-state index in [9.17, 15) is 13.2 Å². The van der Waals surface area contributed by atoms with E-state index >= 15 is 0 Å². The monoisotopic (exact) mass is 431 g/mol. The Kier molecular flexibility index (Phi) is 5.79. The van der Waals surface area contributed by atoms with Crippen molar-refractivity contribution >= 4 is 27.3 Å². The highest BCUT2D eigenvalue weighted by Crippen LogP contribution is 2.25. The van der Waals surface area contributed by atoms with E-state index in [1.165, 1.54) is 15.6 Å². The Morgan fingerprint density at radius 3 is 2.62 bits per heavy atom. The van der Waals surface area contributed by atoms with E-state index in [1.54, 1.807) is 54.1 Å². The van der Waals surface area contributed by atoms with E-state index in [2.05, 4.69) is 10.3 Å². The van der Waals surface area contributed by atoms with Crippen LogP contribution in [0.3, 0.4) is 0 Å². The van der Waals surface area contributed by atoms with Gasteiger partial charge in [0.1, 0.15) is 5.69 Å². The number of carbonyl (C=O) groups excluding carboxylic acids is 1. The van der Waals surface area contributed by atoms with Crippen molar-refractivity contribution in [3.8, 4) is 10.8 Å².